The summed E-state index contributed by atoms with van der Waals surface area (Å²) < 4.78 is 21.7. The molecule has 0 bridgehead atoms. The van der Waals surface area contributed by atoms with Gasteiger partial charge in [-0.15, -0.1) is 0 Å². The zero-order chi connectivity index (χ0) is 29.4. The number of carbonyl (C=O) groups excluding carboxylic acids is 2. The van der Waals surface area contributed by atoms with E-state index in [1.165, 1.54) is 18.2 Å². The lowest BCUT2D eigenvalue weighted by Crippen LogP contribution is -2.44. The maximum atomic E-state index is 14.0. The molecule has 7 rings (SSSR count). The van der Waals surface area contributed by atoms with Crippen LogP contribution >= 0.6 is 11.6 Å². The molecule has 1 aliphatic heterocycles. The predicted octanol–water partition coefficient (Wildman–Crippen LogP) is 4.23. The topological polar surface area (TPSA) is 132 Å². The van der Waals surface area contributed by atoms with Crippen LogP contribution in [0.1, 0.15) is 65.8 Å². The maximum Gasteiger partial charge on any atom is 0.251 e. The highest BCUT2D eigenvalue weighted by Crippen LogP contribution is 2.50. The molecule has 4 N–H and O–H groups in total. The van der Waals surface area contributed by atoms with Crippen LogP contribution < -0.4 is 15.8 Å². The Morgan fingerprint density at radius 2 is 2.00 bits per heavy atom. The summed E-state index contributed by atoms with van der Waals surface area (Å²) in [5.41, 5.74) is 6.86. The van der Waals surface area contributed by atoms with E-state index in [1.807, 2.05) is 6.07 Å². The summed E-state index contributed by atoms with van der Waals surface area (Å²) >= 11 is 6.09. The number of fused-ring (bicyclic) bond motifs is 2. The van der Waals surface area contributed by atoms with Crippen molar-refractivity contribution in [1.82, 2.24) is 19.9 Å². The van der Waals surface area contributed by atoms with Crippen molar-refractivity contribution in [1.29, 1.82) is 0 Å². The second-order valence-electron chi connectivity index (χ2n) is 11.9. The van der Waals surface area contributed by atoms with Crippen LogP contribution in [0.5, 0.6) is 5.75 Å². The fourth-order valence-corrected chi connectivity index (χ4v) is 5.88. The van der Waals surface area contributed by atoms with Crippen molar-refractivity contribution >= 4 is 28.9 Å². The molecule has 1 aromatic carbocycles. The Labute approximate surface area is 245 Å². The number of aliphatic hydroxyl groups is 1. The van der Waals surface area contributed by atoms with Crippen LogP contribution in [0.2, 0.25) is 5.02 Å². The van der Waals surface area contributed by atoms with Crippen LogP contribution in [0.25, 0.3) is 16.8 Å². The minimum absolute atomic E-state index is 0.0111. The number of aromatic nitrogens is 3. The van der Waals surface area contributed by atoms with E-state index in [1.54, 1.807) is 35.8 Å². The number of ether oxygens (including phenoxy) is 1. The largest absolute Gasteiger partial charge is 0.489 e. The summed E-state index contributed by atoms with van der Waals surface area (Å²) in [6.07, 6.45) is 5.50. The number of halogens is 2. The van der Waals surface area contributed by atoms with Crippen LogP contribution in [-0.4, -0.2) is 44.7 Å². The van der Waals surface area contributed by atoms with Crippen LogP contribution in [0.4, 0.5) is 4.39 Å². The molecule has 42 heavy (non-hydrogen) atoms. The van der Waals surface area contributed by atoms with Crippen LogP contribution in [-0.2, 0) is 15.8 Å². The van der Waals surface area contributed by atoms with E-state index >= 15 is 0 Å². The standard InChI is InChI=1S/C31H29ClFN5O4/c1-30(29(34)40)15-42-27-21(30)13-25(36-26(27)17-4-7-23(33)22(32)11-17)31(41,19-5-6-19)14-35-28(39)18-8-9-38-20(10-18)12-24(37-38)16-2-3-16/h4,7-13,16,19,41H,2-3,5-6,14-15H2,1H3,(H2,34,40)(H,35,39)/t30-,31+/m0/s1. The maximum absolute atomic E-state index is 14.0. The van der Waals surface area contributed by atoms with E-state index in [0.29, 0.717) is 34.1 Å². The van der Waals surface area contributed by atoms with Gasteiger partial charge in [-0.3, -0.25) is 9.59 Å². The minimum Gasteiger partial charge on any atom is -0.489 e. The molecule has 3 aliphatic rings. The molecule has 4 heterocycles. The van der Waals surface area contributed by atoms with Crippen LogP contribution in [0.15, 0.2) is 48.7 Å². The first kappa shape index (κ1) is 26.9. The number of amides is 2. The highest BCUT2D eigenvalue weighted by atomic mass is 35.5. The van der Waals surface area contributed by atoms with Crippen molar-refractivity contribution in [2.75, 3.05) is 13.2 Å². The third-order valence-electron chi connectivity index (χ3n) is 8.76. The van der Waals surface area contributed by atoms with Crippen molar-refractivity contribution in [2.45, 2.75) is 49.5 Å². The third kappa shape index (κ3) is 4.40. The fraction of sp³-hybridized carbons (Fsp3) is 0.355. The summed E-state index contributed by atoms with van der Waals surface area (Å²) in [6.45, 7) is 1.55. The number of pyridine rings is 2. The molecule has 2 atom stereocenters. The van der Waals surface area contributed by atoms with Crippen molar-refractivity contribution in [3.05, 3.63) is 82.0 Å². The normalized spacial score (nSPS) is 21.0. The summed E-state index contributed by atoms with van der Waals surface area (Å²) in [4.78, 5) is 30.7. The molecule has 0 saturated heterocycles. The van der Waals surface area contributed by atoms with Gasteiger partial charge in [-0.2, -0.15) is 5.10 Å². The first-order valence-electron chi connectivity index (χ1n) is 14.0. The number of nitrogens with two attached hydrogens (primary N) is 1. The van der Waals surface area contributed by atoms with Crippen molar-refractivity contribution in [2.24, 2.45) is 11.7 Å². The summed E-state index contributed by atoms with van der Waals surface area (Å²) in [5.74, 6) is -0.884. The van der Waals surface area contributed by atoms with Gasteiger partial charge in [-0.1, -0.05) is 11.6 Å². The molecule has 2 fully saturated rings. The smallest absolute Gasteiger partial charge is 0.251 e. The Morgan fingerprint density at radius 1 is 1.21 bits per heavy atom. The molecule has 11 heteroatoms. The third-order valence-corrected chi connectivity index (χ3v) is 9.05. The Kier molecular flexibility index (Phi) is 6.07. The molecule has 0 spiro atoms. The van der Waals surface area contributed by atoms with Gasteiger partial charge in [0.25, 0.3) is 5.91 Å². The zero-order valence-corrected chi connectivity index (χ0v) is 23.6. The molecule has 0 radical (unpaired) electrons. The fourth-order valence-electron chi connectivity index (χ4n) is 5.70. The molecule has 2 aliphatic carbocycles. The van der Waals surface area contributed by atoms with Gasteiger partial charge in [0.05, 0.1) is 28.5 Å². The van der Waals surface area contributed by atoms with Crippen molar-refractivity contribution in [3.63, 3.8) is 0 Å². The van der Waals surface area contributed by atoms with Gasteiger partial charge in [0.2, 0.25) is 5.91 Å². The van der Waals surface area contributed by atoms with Crippen molar-refractivity contribution < 1.29 is 23.8 Å². The Hall–Kier alpha value is -4.02. The predicted molar refractivity (Wildman–Crippen MR) is 153 cm³/mol. The SMILES string of the molecule is C[C@]1(C(N)=O)COc2c1cc([C@@](O)(CNC(=O)c1ccn3nc(C4CC4)cc3c1)C1CC1)nc2-c1ccc(F)c(Cl)c1. The number of primary amides is 1. The second kappa shape index (κ2) is 9.50. The number of carbonyl (C=O) groups is 2. The lowest BCUT2D eigenvalue weighted by Gasteiger charge is -2.30. The first-order chi connectivity index (χ1) is 20.1. The Bertz CT molecular complexity index is 1780. The molecule has 3 aromatic heterocycles. The zero-order valence-electron chi connectivity index (χ0n) is 22.9. The molecular formula is C31H29ClFN5O4. The molecule has 0 unspecified atom stereocenters. The number of nitrogens with zero attached hydrogens (tertiary/aromatic N) is 3. The van der Waals surface area contributed by atoms with Crippen LogP contribution in [0, 0.1) is 11.7 Å². The summed E-state index contributed by atoms with van der Waals surface area (Å²) in [6, 6.07) is 11.3. The number of benzene rings is 1. The molecule has 9 nitrogen and oxygen atoms in total. The van der Waals surface area contributed by atoms with Gasteiger partial charge in [0.15, 0.2) is 0 Å². The monoisotopic (exact) mass is 589 g/mol. The average Bonchev–Trinajstić information content (AvgIpc) is 3.92. The van der Waals surface area contributed by atoms with Crippen molar-refractivity contribution in [3.8, 4) is 17.0 Å². The first-order valence-corrected chi connectivity index (χ1v) is 14.4. The Morgan fingerprint density at radius 3 is 2.69 bits per heavy atom. The van der Waals surface area contributed by atoms with E-state index in [4.69, 9.17) is 27.1 Å². The average molecular weight is 590 g/mol. The lowest BCUT2D eigenvalue weighted by atomic mass is 9.81. The quantitative estimate of drug-likeness (QED) is 0.282. The minimum atomic E-state index is -1.55. The second-order valence-corrected chi connectivity index (χ2v) is 12.3. The Balaban J connectivity index is 1.25. The van der Waals surface area contributed by atoms with Gasteiger partial charge in [0.1, 0.15) is 34.9 Å². The van der Waals surface area contributed by atoms with Crippen LogP contribution in [0.3, 0.4) is 0 Å². The molecule has 216 valence electrons. The van der Waals surface area contributed by atoms with E-state index in [2.05, 4.69) is 10.4 Å². The molecular weight excluding hydrogens is 561 g/mol. The molecule has 2 saturated carbocycles. The highest BCUT2D eigenvalue weighted by molar-refractivity contribution is 6.31. The number of rotatable bonds is 8. The van der Waals surface area contributed by atoms with E-state index in [9.17, 15) is 19.1 Å². The molecule has 4 aromatic rings. The highest BCUT2D eigenvalue weighted by Gasteiger charge is 2.50. The van der Waals surface area contributed by atoms with E-state index in [0.717, 1.165) is 36.9 Å². The summed E-state index contributed by atoms with van der Waals surface area (Å²) in [5, 5.41) is 19.5. The number of nitrogens with one attached hydrogen (secondary N) is 1. The van der Waals surface area contributed by atoms with E-state index in [-0.39, 0.29) is 35.7 Å². The number of hydrogen-bond acceptors (Lipinski definition) is 6. The van der Waals surface area contributed by atoms with Gasteiger partial charge >= 0.3 is 0 Å². The van der Waals surface area contributed by atoms with Gasteiger partial charge in [-0.25, -0.2) is 13.9 Å². The van der Waals surface area contributed by atoms with Gasteiger partial charge < -0.3 is 20.9 Å². The number of hydrogen-bond donors (Lipinski definition) is 3. The lowest BCUT2D eigenvalue weighted by molar-refractivity contribution is -0.123. The van der Waals surface area contributed by atoms with Gasteiger partial charge in [-0.05, 0) is 81.0 Å². The molecule has 2 amide bonds. The van der Waals surface area contributed by atoms with Gasteiger partial charge in [0, 0.05) is 28.8 Å². The summed E-state index contributed by atoms with van der Waals surface area (Å²) in [7, 11) is 0. The van der Waals surface area contributed by atoms with E-state index < -0.39 is 22.7 Å².